The third kappa shape index (κ3) is 3.70. The molecule has 25 heavy (non-hydrogen) atoms. The standard InChI is InChI=1S/C16H19ClFN3O3S/c1-10(2)15-19-20-16(24-15)11-5-7-21(8-6-11)25(22,23)12-3-4-14(18)13(17)9-12/h3-4,9-11H,5-8H2,1-2H3. The lowest BCUT2D eigenvalue weighted by atomic mass is 9.98. The molecule has 0 bridgehead atoms. The Morgan fingerprint density at radius 1 is 1.28 bits per heavy atom. The van der Waals surface area contributed by atoms with Crippen LogP contribution in [0.3, 0.4) is 0 Å². The lowest BCUT2D eigenvalue weighted by Crippen LogP contribution is -2.38. The molecular weight excluding hydrogens is 369 g/mol. The summed E-state index contributed by atoms with van der Waals surface area (Å²) in [6.45, 7) is 4.61. The summed E-state index contributed by atoms with van der Waals surface area (Å²) < 4.78 is 45.7. The molecule has 1 aromatic carbocycles. The van der Waals surface area contributed by atoms with Crippen LogP contribution in [0.15, 0.2) is 27.5 Å². The predicted molar refractivity (Wildman–Crippen MR) is 90.5 cm³/mol. The molecular formula is C16H19ClFN3O3S. The molecule has 136 valence electrons. The number of rotatable bonds is 4. The molecule has 0 radical (unpaired) electrons. The minimum Gasteiger partial charge on any atom is -0.425 e. The van der Waals surface area contributed by atoms with E-state index in [1.165, 1.54) is 10.4 Å². The second-order valence-electron chi connectivity index (χ2n) is 6.39. The van der Waals surface area contributed by atoms with Gasteiger partial charge in [-0.1, -0.05) is 25.4 Å². The summed E-state index contributed by atoms with van der Waals surface area (Å²) in [6, 6.07) is 3.44. The largest absolute Gasteiger partial charge is 0.425 e. The summed E-state index contributed by atoms with van der Waals surface area (Å²) >= 11 is 5.70. The Hall–Kier alpha value is -1.51. The van der Waals surface area contributed by atoms with Gasteiger partial charge < -0.3 is 4.42 Å². The van der Waals surface area contributed by atoms with Crippen molar-refractivity contribution in [3.05, 3.63) is 40.8 Å². The fourth-order valence-corrected chi connectivity index (χ4v) is 4.52. The highest BCUT2D eigenvalue weighted by Crippen LogP contribution is 2.31. The molecule has 0 aliphatic carbocycles. The van der Waals surface area contributed by atoms with Gasteiger partial charge in [-0.05, 0) is 31.0 Å². The Kier molecular flexibility index (Phi) is 5.13. The molecule has 1 aromatic heterocycles. The lowest BCUT2D eigenvalue weighted by Gasteiger charge is -2.29. The normalized spacial score (nSPS) is 17.3. The molecule has 0 amide bonds. The topological polar surface area (TPSA) is 76.3 Å². The number of benzene rings is 1. The molecule has 0 unspecified atom stereocenters. The van der Waals surface area contributed by atoms with Crippen molar-refractivity contribution in [1.82, 2.24) is 14.5 Å². The Bertz CT molecular complexity index is 861. The highest BCUT2D eigenvalue weighted by atomic mass is 35.5. The number of sulfonamides is 1. The van der Waals surface area contributed by atoms with Crippen LogP contribution < -0.4 is 0 Å². The SMILES string of the molecule is CC(C)c1nnc(C2CCN(S(=O)(=O)c3ccc(F)c(Cl)c3)CC2)o1. The third-order valence-electron chi connectivity index (χ3n) is 4.28. The van der Waals surface area contributed by atoms with Crippen molar-refractivity contribution in [2.45, 2.75) is 43.4 Å². The molecule has 0 saturated carbocycles. The van der Waals surface area contributed by atoms with Gasteiger partial charge >= 0.3 is 0 Å². The summed E-state index contributed by atoms with van der Waals surface area (Å²) in [5.74, 6) is 0.710. The lowest BCUT2D eigenvalue weighted by molar-refractivity contribution is 0.285. The van der Waals surface area contributed by atoms with Gasteiger partial charge in [-0.2, -0.15) is 4.31 Å². The molecule has 9 heteroatoms. The van der Waals surface area contributed by atoms with Crippen LogP contribution in [0.4, 0.5) is 4.39 Å². The van der Waals surface area contributed by atoms with Crippen LogP contribution in [-0.4, -0.2) is 36.0 Å². The summed E-state index contributed by atoms with van der Waals surface area (Å²) in [5, 5.41) is 7.90. The average Bonchev–Trinajstić information content (AvgIpc) is 3.08. The Morgan fingerprint density at radius 3 is 2.52 bits per heavy atom. The van der Waals surface area contributed by atoms with Gasteiger partial charge in [0, 0.05) is 24.9 Å². The van der Waals surface area contributed by atoms with E-state index in [1.807, 2.05) is 13.8 Å². The second kappa shape index (κ2) is 7.01. The molecule has 1 fully saturated rings. The molecule has 0 atom stereocenters. The van der Waals surface area contributed by atoms with Crippen LogP contribution in [0.25, 0.3) is 0 Å². The smallest absolute Gasteiger partial charge is 0.243 e. The first-order chi connectivity index (χ1) is 11.8. The minimum atomic E-state index is -3.70. The molecule has 1 aliphatic rings. The number of aromatic nitrogens is 2. The number of hydrogen-bond donors (Lipinski definition) is 0. The van der Waals surface area contributed by atoms with Gasteiger partial charge in [0.05, 0.1) is 9.92 Å². The van der Waals surface area contributed by atoms with Crippen molar-refractivity contribution >= 4 is 21.6 Å². The first-order valence-corrected chi connectivity index (χ1v) is 9.89. The summed E-state index contributed by atoms with van der Waals surface area (Å²) in [4.78, 5) is -0.00256. The van der Waals surface area contributed by atoms with E-state index in [-0.39, 0.29) is 21.8 Å². The second-order valence-corrected chi connectivity index (χ2v) is 8.73. The van der Waals surface area contributed by atoms with Gasteiger partial charge in [-0.3, -0.25) is 0 Å². The molecule has 0 spiro atoms. The maximum atomic E-state index is 13.3. The fraction of sp³-hybridized carbons (Fsp3) is 0.500. The van der Waals surface area contributed by atoms with Crippen molar-refractivity contribution < 1.29 is 17.2 Å². The minimum absolute atomic E-state index is 0.00256. The van der Waals surface area contributed by atoms with Gasteiger partial charge in [0.2, 0.25) is 21.8 Å². The monoisotopic (exact) mass is 387 g/mol. The number of hydrogen-bond acceptors (Lipinski definition) is 5. The Labute approximate surface area is 151 Å². The van der Waals surface area contributed by atoms with Crippen LogP contribution in [0.1, 0.15) is 50.3 Å². The zero-order chi connectivity index (χ0) is 18.2. The summed E-state index contributed by atoms with van der Waals surface area (Å²) in [6.07, 6.45) is 1.18. The van der Waals surface area contributed by atoms with E-state index < -0.39 is 15.8 Å². The van der Waals surface area contributed by atoms with Gasteiger partial charge in [0.15, 0.2) is 0 Å². The molecule has 1 aliphatic heterocycles. The van der Waals surface area contributed by atoms with Gasteiger partial charge in [0.25, 0.3) is 0 Å². The molecule has 2 aromatic rings. The summed E-state index contributed by atoms with van der Waals surface area (Å²) in [5.41, 5.74) is 0. The van der Waals surface area contributed by atoms with Crippen molar-refractivity contribution in [3.63, 3.8) is 0 Å². The van der Waals surface area contributed by atoms with Gasteiger partial charge in [0.1, 0.15) is 5.82 Å². The van der Waals surface area contributed by atoms with Crippen molar-refractivity contribution in [2.75, 3.05) is 13.1 Å². The first kappa shape index (κ1) is 18.3. The molecule has 3 rings (SSSR count). The van der Waals surface area contributed by atoms with E-state index in [9.17, 15) is 12.8 Å². The highest BCUT2D eigenvalue weighted by Gasteiger charge is 2.32. The van der Waals surface area contributed by atoms with E-state index in [4.69, 9.17) is 16.0 Å². The highest BCUT2D eigenvalue weighted by molar-refractivity contribution is 7.89. The van der Waals surface area contributed by atoms with Crippen LogP contribution in [0.5, 0.6) is 0 Å². The third-order valence-corrected chi connectivity index (χ3v) is 6.47. The fourth-order valence-electron chi connectivity index (χ4n) is 2.77. The van der Waals surface area contributed by atoms with Crippen LogP contribution in [0.2, 0.25) is 5.02 Å². The Balaban J connectivity index is 1.71. The van der Waals surface area contributed by atoms with E-state index in [0.29, 0.717) is 37.7 Å². The number of piperidine rings is 1. The van der Waals surface area contributed by atoms with Crippen molar-refractivity contribution in [2.24, 2.45) is 0 Å². The van der Waals surface area contributed by atoms with Gasteiger partial charge in [-0.25, -0.2) is 12.8 Å². The molecule has 1 saturated heterocycles. The first-order valence-electron chi connectivity index (χ1n) is 8.07. The van der Waals surface area contributed by atoms with Crippen molar-refractivity contribution in [1.29, 1.82) is 0 Å². The van der Waals surface area contributed by atoms with Crippen LogP contribution >= 0.6 is 11.6 Å². The average molecular weight is 388 g/mol. The zero-order valence-electron chi connectivity index (χ0n) is 13.9. The Morgan fingerprint density at radius 2 is 1.96 bits per heavy atom. The van der Waals surface area contributed by atoms with Gasteiger partial charge in [-0.15, -0.1) is 10.2 Å². The molecule has 6 nitrogen and oxygen atoms in total. The number of nitrogens with zero attached hydrogens (tertiary/aromatic N) is 3. The predicted octanol–water partition coefficient (Wildman–Crippen LogP) is 3.55. The molecule has 0 N–H and O–H groups in total. The van der Waals surface area contributed by atoms with Crippen LogP contribution in [0, 0.1) is 5.82 Å². The van der Waals surface area contributed by atoms with E-state index >= 15 is 0 Å². The van der Waals surface area contributed by atoms with Crippen LogP contribution in [-0.2, 0) is 10.0 Å². The summed E-state index contributed by atoms with van der Waals surface area (Å²) in [7, 11) is -3.70. The van der Waals surface area contributed by atoms with Crippen molar-refractivity contribution in [3.8, 4) is 0 Å². The van der Waals surface area contributed by atoms with E-state index in [2.05, 4.69) is 10.2 Å². The van der Waals surface area contributed by atoms with E-state index in [0.717, 1.165) is 12.1 Å². The number of halogens is 2. The maximum absolute atomic E-state index is 13.3. The quantitative estimate of drug-likeness (QED) is 0.801. The van der Waals surface area contributed by atoms with E-state index in [1.54, 1.807) is 0 Å². The molecule has 2 heterocycles. The maximum Gasteiger partial charge on any atom is 0.243 e. The zero-order valence-corrected chi connectivity index (χ0v) is 15.5.